The molecule has 3 aliphatic heterocycles. The number of halogens is 1. The molecule has 34 heavy (non-hydrogen) atoms. The van der Waals surface area contributed by atoms with Gasteiger partial charge in [0.25, 0.3) is 0 Å². The third-order valence-electron chi connectivity index (χ3n) is 9.40. The van der Waals surface area contributed by atoms with Crippen molar-refractivity contribution in [2.45, 2.75) is 42.2 Å². The third kappa shape index (κ3) is 1.92. The SMILES string of the molecule is COC(=O)C1=C[C@@]23CCCN4CC[C@@]5(c6ccc(OC)c(OC)c6N[C@]15[C@H](C(=O)Cl)C2)[C@@]43C#N. The van der Waals surface area contributed by atoms with Crippen LogP contribution in [-0.4, -0.2) is 61.6 Å². The molecular formula is C25H26ClN3O5. The molecule has 0 amide bonds. The molecular weight excluding hydrogens is 458 g/mol. The maximum Gasteiger partial charge on any atom is 0.335 e. The van der Waals surface area contributed by atoms with Crippen LogP contribution in [0.2, 0.25) is 0 Å². The van der Waals surface area contributed by atoms with Crippen molar-refractivity contribution in [1.82, 2.24) is 4.90 Å². The first-order valence-corrected chi connectivity index (χ1v) is 11.9. The molecule has 5 atom stereocenters. The molecule has 8 nitrogen and oxygen atoms in total. The van der Waals surface area contributed by atoms with Crippen molar-refractivity contribution in [3.05, 3.63) is 29.3 Å². The Morgan fingerprint density at radius 3 is 2.65 bits per heavy atom. The monoisotopic (exact) mass is 483 g/mol. The van der Waals surface area contributed by atoms with Gasteiger partial charge >= 0.3 is 5.97 Å². The Morgan fingerprint density at radius 2 is 2.00 bits per heavy atom. The quantitative estimate of drug-likeness (QED) is 0.515. The van der Waals surface area contributed by atoms with Crippen LogP contribution in [0.5, 0.6) is 11.5 Å². The molecule has 7 rings (SSSR count). The minimum atomic E-state index is -1.25. The molecule has 3 aliphatic carbocycles. The van der Waals surface area contributed by atoms with Gasteiger partial charge in [0.15, 0.2) is 11.5 Å². The summed E-state index contributed by atoms with van der Waals surface area (Å²) in [7, 11) is 4.46. The Labute approximate surface area is 202 Å². The van der Waals surface area contributed by atoms with E-state index in [0.717, 1.165) is 18.5 Å². The van der Waals surface area contributed by atoms with Gasteiger partial charge in [-0.2, -0.15) is 5.26 Å². The summed E-state index contributed by atoms with van der Waals surface area (Å²) in [4.78, 5) is 28.8. The number of carbonyl (C=O) groups excluding carboxylic acids is 2. The zero-order chi connectivity index (χ0) is 24.1. The summed E-state index contributed by atoms with van der Waals surface area (Å²) in [5.41, 5.74) is -1.94. The topological polar surface area (TPSA) is 101 Å². The van der Waals surface area contributed by atoms with E-state index in [1.165, 1.54) is 7.11 Å². The summed E-state index contributed by atoms with van der Waals surface area (Å²) in [6, 6.07) is 6.55. The molecule has 0 aromatic heterocycles. The van der Waals surface area contributed by atoms with Crippen LogP contribution in [0.15, 0.2) is 23.8 Å². The van der Waals surface area contributed by atoms with Crippen LogP contribution >= 0.6 is 11.6 Å². The van der Waals surface area contributed by atoms with Crippen molar-refractivity contribution in [3.63, 3.8) is 0 Å². The first-order valence-electron chi connectivity index (χ1n) is 11.5. The van der Waals surface area contributed by atoms with E-state index in [9.17, 15) is 14.9 Å². The van der Waals surface area contributed by atoms with Crippen LogP contribution in [0.3, 0.4) is 0 Å². The van der Waals surface area contributed by atoms with Gasteiger partial charge in [-0.25, -0.2) is 4.79 Å². The molecule has 178 valence electrons. The molecule has 2 bridgehead atoms. The maximum absolute atomic E-state index is 13.4. The second-order valence-corrected chi connectivity index (χ2v) is 10.4. The molecule has 1 aromatic rings. The predicted octanol–water partition coefficient (Wildman–Crippen LogP) is 2.75. The van der Waals surface area contributed by atoms with Gasteiger partial charge in [-0.15, -0.1) is 0 Å². The number of nitriles is 1. The molecule has 1 aromatic carbocycles. The highest BCUT2D eigenvalue weighted by atomic mass is 35.5. The maximum atomic E-state index is 13.4. The Morgan fingerprint density at radius 1 is 1.21 bits per heavy atom. The van der Waals surface area contributed by atoms with E-state index in [0.29, 0.717) is 48.6 Å². The molecule has 3 fully saturated rings. The predicted molar refractivity (Wildman–Crippen MR) is 123 cm³/mol. The number of anilines is 1. The number of piperidine rings is 1. The molecule has 0 radical (unpaired) electrons. The van der Waals surface area contributed by atoms with Crippen LogP contribution in [0.1, 0.15) is 31.2 Å². The highest BCUT2D eigenvalue weighted by Gasteiger charge is 2.87. The average molecular weight is 484 g/mol. The fraction of sp³-hybridized carbons (Fsp3) is 0.560. The fourth-order valence-electron chi connectivity index (χ4n) is 8.56. The van der Waals surface area contributed by atoms with Gasteiger partial charge in [0.1, 0.15) is 5.54 Å². The van der Waals surface area contributed by atoms with E-state index >= 15 is 0 Å². The van der Waals surface area contributed by atoms with E-state index in [2.05, 4.69) is 16.3 Å². The summed E-state index contributed by atoms with van der Waals surface area (Å²) in [5.74, 6) is -0.242. The van der Waals surface area contributed by atoms with Crippen molar-refractivity contribution in [1.29, 1.82) is 5.26 Å². The molecule has 3 heterocycles. The van der Waals surface area contributed by atoms with Crippen LogP contribution in [0.4, 0.5) is 5.69 Å². The van der Waals surface area contributed by atoms with E-state index in [-0.39, 0.29) is 0 Å². The number of benzene rings is 1. The Kier molecular flexibility index (Phi) is 4.27. The number of nitrogens with one attached hydrogen (secondary N) is 1. The summed E-state index contributed by atoms with van der Waals surface area (Å²) in [5, 5.41) is 14.1. The van der Waals surface area contributed by atoms with E-state index < -0.39 is 39.0 Å². The number of fused-ring (bicyclic) bond motifs is 2. The van der Waals surface area contributed by atoms with Gasteiger partial charge in [0.05, 0.1) is 55.5 Å². The Bertz CT molecular complexity index is 1230. The minimum Gasteiger partial charge on any atom is -0.493 e. The lowest BCUT2D eigenvalue weighted by atomic mass is 9.35. The van der Waals surface area contributed by atoms with Gasteiger partial charge < -0.3 is 19.5 Å². The number of esters is 1. The van der Waals surface area contributed by atoms with Crippen molar-refractivity contribution in [3.8, 4) is 17.6 Å². The average Bonchev–Trinajstić information content (AvgIpc) is 3.36. The van der Waals surface area contributed by atoms with Crippen LogP contribution < -0.4 is 14.8 Å². The molecule has 0 unspecified atom stereocenters. The molecule has 2 saturated heterocycles. The first kappa shape index (κ1) is 21.8. The summed E-state index contributed by atoms with van der Waals surface area (Å²) < 4.78 is 16.6. The molecule has 9 heteroatoms. The number of methoxy groups -OCH3 is 3. The summed E-state index contributed by atoms with van der Waals surface area (Å²) in [6.45, 7) is 1.47. The number of nitrogens with zero attached hydrogens (tertiary/aromatic N) is 2. The second kappa shape index (κ2) is 6.67. The summed E-state index contributed by atoms with van der Waals surface area (Å²) >= 11 is 6.34. The third-order valence-corrected chi connectivity index (χ3v) is 9.66. The molecule has 1 saturated carbocycles. The number of rotatable bonds is 4. The highest BCUT2D eigenvalue weighted by molar-refractivity contribution is 6.64. The number of ether oxygens (including phenoxy) is 3. The van der Waals surface area contributed by atoms with Gasteiger partial charge in [0, 0.05) is 12.0 Å². The normalized spacial score (nSPS) is 38.6. The van der Waals surface area contributed by atoms with E-state index in [1.807, 2.05) is 18.2 Å². The number of hydrogen-bond acceptors (Lipinski definition) is 8. The largest absolute Gasteiger partial charge is 0.493 e. The number of hydrogen-bond donors (Lipinski definition) is 1. The van der Waals surface area contributed by atoms with Crippen molar-refractivity contribution < 1.29 is 23.8 Å². The van der Waals surface area contributed by atoms with Gasteiger partial charge in [-0.1, -0.05) is 12.1 Å². The van der Waals surface area contributed by atoms with E-state index in [4.69, 9.17) is 25.8 Å². The standard InChI is InChI=1S/C25H26ClN3O5/c1-32-17-6-5-14-18(19(17)33-2)28-25-15(20(26)30)11-22(12-16(25)21(31)34-3)7-4-9-29-10-8-23(14,25)24(22,29)13-27/h5-6,12,15,28H,4,7-11H2,1-3H3/t15-,22+,23+,24-,25+/m0/s1. The smallest absolute Gasteiger partial charge is 0.335 e. The zero-order valence-corrected chi connectivity index (χ0v) is 20.1. The van der Waals surface area contributed by atoms with E-state index in [1.54, 1.807) is 14.2 Å². The lowest BCUT2D eigenvalue weighted by Crippen LogP contribution is -2.82. The van der Waals surface area contributed by atoms with Crippen molar-refractivity contribution >= 4 is 28.5 Å². The Hall–Kier alpha value is -2.76. The van der Waals surface area contributed by atoms with Gasteiger partial charge in [-0.3, -0.25) is 9.69 Å². The molecule has 6 aliphatic rings. The summed E-state index contributed by atoms with van der Waals surface area (Å²) in [6.07, 6.45) is 4.48. The first-order chi connectivity index (χ1) is 16.3. The highest BCUT2D eigenvalue weighted by Crippen LogP contribution is 2.79. The van der Waals surface area contributed by atoms with Crippen LogP contribution in [0, 0.1) is 22.7 Å². The van der Waals surface area contributed by atoms with Crippen LogP contribution in [0.25, 0.3) is 0 Å². The van der Waals surface area contributed by atoms with Crippen LogP contribution in [-0.2, 0) is 19.7 Å². The van der Waals surface area contributed by atoms with Crippen molar-refractivity contribution in [2.24, 2.45) is 11.3 Å². The van der Waals surface area contributed by atoms with Gasteiger partial charge in [0.2, 0.25) is 5.24 Å². The zero-order valence-electron chi connectivity index (χ0n) is 19.4. The fourth-order valence-corrected chi connectivity index (χ4v) is 8.80. The molecule has 1 N–H and O–H groups in total. The Balaban J connectivity index is 1.80. The lowest BCUT2D eigenvalue weighted by molar-refractivity contribution is -0.147. The second-order valence-electron chi connectivity index (χ2n) is 9.99. The lowest BCUT2D eigenvalue weighted by Gasteiger charge is -2.70. The number of carbonyl (C=O) groups is 2. The van der Waals surface area contributed by atoms with Crippen molar-refractivity contribution in [2.75, 3.05) is 39.7 Å². The van der Waals surface area contributed by atoms with Gasteiger partial charge in [-0.05, 0) is 55.5 Å². The minimum absolute atomic E-state index is 0.382. The molecule has 3 spiro atoms.